The Hall–Kier alpha value is -2.43. The third kappa shape index (κ3) is 4.16. The lowest BCUT2D eigenvalue weighted by atomic mass is 10.2. The first-order valence-corrected chi connectivity index (χ1v) is 9.25. The largest absolute Gasteiger partial charge is 0.454 e. The molecule has 3 rings (SSSR count). The molecule has 0 aliphatic carbocycles. The van der Waals surface area contributed by atoms with Crippen molar-refractivity contribution in [2.75, 3.05) is 11.6 Å². The first-order valence-electron chi connectivity index (χ1n) is 7.65. The van der Waals surface area contributed by atoms with Crippen LogP contribution in [0.2, 0.25) is 5.02 Å². The molecule has 0 saturated carbocycles. The van der Waals surface area contributed by atoms with Gasteiger partial charge < -0.3 is 10.1 Å². The quantitative estimate of drug-likeness (QED) is 0.551. The summed E-state index contributed by atoms with van der Waals surface area (Å²) in [5.74, 6) is 0.890. The summed E-state index contributed by atoms with van der Waals surface area (Å²) in [5.41, 5.74) is 1.21. The maximum Gasteiger partial charge on any atom is 0.256 e. The van der Waals surface area contributed by atoms with Gasteiger partial charge in [-0.1, -0.05) is 48.0 Å². The van der Waals surface area contributed by atoms with E-state index in [0.717, 1.165) is 4.90 Å². The molecule has 0 saturated heterocycles. The fraction of sp³-hybridized carbons (Fsp3) is 0.0500. The number of amides is 1. The summed E-state index contributed by atoms with van der Waals surface area (Å²) in [6.07, 6.45) is 1.95. The molecule has 126 valence electrons. The fourth-order valence-corrected chi connectivity index (χ4v) is 3.10. The molecular weight excluding hydrogens is 354 g/mol. The van der Waals surface area contributed by atoms with Gasteiger partial charge in [0.05, 0.1) is 16.3 Å². The molecule has 0 unspecified atom stereocenters. The first-order chi connectivity index (χ1) is 12.2. The molecule has 0 fully saturated rings. The Morgan fingerprint density at radius 2 is 1.56 bits per heavy atom. The molecule has 1 N–H and O–H groups in total. The van der Waals surface area contributed by atoms with E-state index < -0.39 is 0 Å². The van der Waals surface area contributed by atoms with Gasteiger partial charge in [0.2, 0.25) is 0 Å². The van der Waals surface area contributed by atoms with Crippen molar-refractivity contribution in [1.82, 2.24) is 0 Å². The Morgan fingerprint density at radius 1 is 0.920 bits per heavy atom. The highest BCUT2D eigenvalue weighted by atomic mass is 35.5. The molecule has 25 heavy (non-hydrogen) atoms. The van der Waals surface area contributed by atoms with E-state index in [1.165, 1.54) is 11.8 Å². The van der Waals surface area contributed by atoms with Crippen LogP contribution in [0.5, 0.6) is 11.5 Å². The Balaban J connectivity index is 1.86. The molecular formula is C20H16ClNO2S. The fourth-order valence-electron chi connectivity index (χ4n) is 2.33. The predicted octanol–water partition coefficient (Wildman–Crippen LogP) is 6.11. The summed E-state index contributed by atoms with van der Waals surface area (Å²) < 4.78 is 5.88. The molecule has 0 bridgehead atoms. The highest BCUT2D eigenvalue weighted by Gasteiger charge is 2.14. The van der Waals surface area contributed by atoms with Gasteiger partial charge >= 0.3 is 0 Å². The number of hydrogen-bond acceptors (Lipinski definition) is 3. The zero-order chi connectivity index (χ0) is 17.6. The van der Waals surface area contributed by atoms with E-state index in [4.69, 9.17) is 16.3 Å². The molecule has 0 atom stereocenters. The second-order valence-electron chi connectivity index (χ2n) is 5.18. The minimum Gasteiger partial charge on any atom is -0.454 e. The highest BCUT2D eigenvalue weighted by Crippen LogP contribution is 2.33. The van der Waals surface area contributed by atoms with Crippen LogP contribution in [0.15, 0.2) is 77.7 Å². The van der Waals surface area contributed by atoms with Crippen molar-refractivity contribution in [1.29, 1.82) is 0 Å². The number of halogens is 1. The normalized spacial score (nSPS) is 10.3. The molecule has 0 spiro atoms. The van der Waals surface area contributed by atoms with Gasteiger partial charge in [0.1, 0.15) is 5.75 Å². The molecule has 3 nitrogen and oxygen atoms in total. The van der Waals surface area contributed by atoms with Gasteiger partial charge in [-0.15, -0.1) is 11.8 Å². The van der Waals surface area contributed by atoms with Crippen molar-refractivity contribution in [3.63, 3.8) is 0 Å². The van der Waals surface area contributed by atoms with Gasteiger partial charge in [0.15, 0.2) is 5.75 Å². The third-order valence-electron chi connectivity index (χ3n) is 3.54. The van der Waals surface area contributed by atoms with E-state index >= 15 is 0 Å². The predicted molar refractivity (Wildman–Crippen MR) is 104 cm³/mol. The molecule has 1 amide bonds. The highest BCUT2D eigenvalue weighted by molar-refractivity contribution is 7.98. The number of ether oxygens (including phenoxy) is 1. The maximum absolute atomic E-state index is 12.7. The van der Waals surface area contributed by atoms with Gasteiger partial charge in [0.25, 0.3) is 5.91 Å². The molecule has 0 aromatic heterocycles. The Morgan fingerprint density at radius 3 is 2.32 bits per heavy atom. The van der Waals surface area contributed by atoms with E-state index in [-0.39, 0.29) is 5.91 Å². The lowest BCUT2D eigenvalue weighted by Gasteiger charge is -2.14. The van der Waals surface area contributed by atoms with E-state index in [1.54, 1.807) is 30.3 Å². The number of rotatable bonds is 5. The average Bonchev–Trinajstić information content (AvgIpc) is 2.65. The molecule has 0 heterocycles. The van der Waals surface area contributed by atoms with Crippen LogP contribution in [0.25, 0.3) is 0 Å². The topological polar surface area (TPSA) is 38.3 Å². The zero-order valence-electron chi connectivity index (χ0n) is 13.5. The summed E-state index contributed by atoms with van der Waals surface area (Å²) in [6, 6.07) is 22.0. The summed E-state index contributed by atoms with van der Waals surface area (Å²) >= 11 is 7.69. The van der Waals surface area contributed by atoms with Crippen LogP contribution in [-0.4, -0.2) is 12.2 Å². The monoisotopic (exact) mass is 369 g/mol. The molecule has 3 aromatic rings. The molecule has 0 aliphatic rings. The lowest BCUT2D eigenvalue weighted by Crippen LogP contribution is -2.13. The number of carbonyl (C=O) groups is 1. The van der Waals surface area contributed by atoms with Crippen LogP contribution >= 0.6 is 23.4 Å². The third-order valence-corrected chi connectivity index (χ3v) is 4.65. The first kappa shape index (κ1) is 17.4. The van der Waals surface area contributed by atoms with E-state index in [9.17, 15) is 4.79 Å². The minimum atomic E-state index is -0.180. The van der Waals surface area contributed by atoms with Crippen molar-refractivity contribution in [3.05, 3.63) is 83.4 Å². The van der Waals surface area contributed by atoms with Crippen molar-refractivity contribution in [2.45, 2.75) is 4.90 Å². The standard InChI is InChI=1S/C20H16ClNO2S/c1-25-19-13-7-2-8-14(19)20(23)22-16-10-4-6-12-18(16)24-17-11-5-3-9-15(17)21/h2-13H,1H3,(H,22,23). The van der Waals surface area contributed by atoms with Crippen molar-refractivity contribution in [2.24, 2.45) is 0 Å². The van der Waals surface area contributed by atoms with Crippen LogP contribution in [0.4, 0.5) is 5.69 Å². The van der Waals surface area contributed by atoms with Gasteiger partial charge in [0, 0.05) is 4.90 Å². The molecule has 3 aromatic carbocycles. The van der Waals surface area contributed by atoms with E-state index in [0.29, 0.717) is 27.8 Å². The summed E-state index contributed by atoms with van der Waals surface area (Å²) in [7, 11) is 0. The van der Waals surface area contributed by atoms with Crippen LogP contribution in [0.1, 0.15) is 10.4 Å². The van der Waals surface area contributed by atoms with Crippen molar-refractivity contribution >= 4 is 35.0 Å². The van der Waals surface area contributed by atoms with Gasteiger partial charge in [-0.3, -0.25) is 4.79 Å². The van der Waals surface area contributed by atoms with Crippen molar-refractivity contribution < 1.29 is 9.53 Å². The SMILES string of the molecule is CSc1ccccc1C(=O)Nc1ccccc1Oc1ccccc1Cl. The number of hydrogen-bond donors (Lipinski definition) is 1. The van der Waals surface area contributed by atoms with Crippen LogP contribution in [-0.2, 0) is 0 Å². The summed E-state index contributed by atoms with van der Waals surface area (Å²) in [5, 5.41) is 3.43. The summed E-state index contributed by atoms with van der Waals surface area (Å²) in [4.78, 5) is 13.6. The zero-order valence-corrected chi connectivity index (χ0v) is 15.1. The molecule has 0 aliphatic heterocycles. The number of thioether (sulfide) groups is 1. The van der Waals surface area contributed by atoms with Crippen LogP contribution in [0, 0.1) is 0 Å². The smallest absolute Gasteiger partial charge is 0.256 e. The Kier molecular flexibility index (Phi) is 5.64. The Bertz CT molecular complexity index is 898. The van der Waals surface area contributed by atoms with E-state index in [1.807, 2.05) is 48.7 Å². The molecule has 5 heteroatoms. The second kappa shape index (κ2) is 8.10. The second-order valence-corrected chi connectivity index (χ2v) is 6.44. The van der Waals surface area contributed by atoms with E-state index in [2.05, 4.69) is 5.32 Å². The van der Waals surface area contributed by atoms with Crippen molar-refractivity contribution in [3.8, 4) is 11.5 Å². The number of nitrogens with one attached hydrogen (secondary N) is 1. The van der Waals surface area contributed by atoms with Crippen LogP contribution < -0.4 is 10.1 Å². The number of carbonyl (C=O) groups excluding carboxylic acids is 1. The van der Waals surface area contributed by atoms with Gasteiger partial charge in [-0.05, 0) is 42.7 Å². The van der Waals surface area contributed by atoms with Gasteiger partial charge in [-0.25, -0.2) is 0 Å². The minimum absolute atomic E-state index is 0.180. The maximum atomic E-state index is 12.7. The Labute approximate surface area is 156 Å². The molecule has 0 radical (unpaired) electrons. The van der Waals surface area contributed by atoms with Crippen LogP contribution in [0.3, 0.4) is 0 Å². The van der Waals surface area contributed by atoms with Gasteiger partial charge in [-0.2, -0.15) is 0 Å². The summed E-state index contributed by atoms with van der Waals surface area (Å²) in [6.45, 7) is 0. The number of benzene rings is 3. The lowest BCUT2D eigenvalue weighted by molar-refractivity contribution is 0.102. The number of anilines is 1. The average molecular weight is 370 g/mol. The number of para-hydroxylation sites is 3.